The molecule has 0 spiro atoms. The molecule has 30 heavy (non-hydrogen) atoms. The summed E-state index contributed by atoms with van der Waals surface area (Å²) in [6, 6.07) is 12.6. The Hall–Kier alpha value is -1.92. The molecular formula is C27H35N2Sb-2. The summed E-state index contributed by atoms with van der Waals surface area (Å²) in [4.78, 5) is 0. The molecule has 0 aliphatic carbocycles. The summed E-state index contributed by atoms with van der Waals surface area (Å²) in [6.45, 7) is 18.5. The van der Waals surface area contributed by atoms with Gasteiger partial charge in [0.25, 0.3) is 0 Å². The number of aryl methyl sites for hydroxylation is 9. The minimum Gasteiger partial charge on any atom is -0.698 e. The fourth-order valence-electron chi connectivity index (χ4n) is 3.53. The van der Waals surface area contributed by atoms with E-state index in [2.05, 4.69) is 46.8 Å². The van der Waals surface area contributed by atoms with Gasteiger partial charge < -0.3 is 11.5 Å². The normalized spacial score (nSPS) is 9.93. The van der Waals surface area contributed by atoms with Gasteiger partial charge in [-0.1, -0.05) is 57.6 Å². The van der Waals surface area contributed by atoms with Crippen molar-refractivity contribution < 1.29 is 0 Å². The first-order valence-corrected chi connectivity index (χ1v) is 11.5. The smallest absolute Gasteiger partial charge is 0.0398 e. The second-order valence-corrected chi connectivity index (χ2v) is 9.57. The van der Waals surface area contributed by atoms with Crippen LogP contribution in [-0.4, -0.2) is 23.0 Å². The van der Waals surface area contributed by atoms with E-state index < -0.39 is 0 Å². The fraction of sp³-hybridized carbons (Fsp3) is 0.333. The van der Waals surface area contributed by atoms with Crippen molar-refractivity contribution in [3.63, 3.8) is 0 Å². The largest absolute Gasteiger partial charge is 0.698 e. The molecule has 0 saturated carbocycles. The van der Waals surface area contributed by atoms with E-state index in [0.717, 1.165) is 22.3 Å². The summed E-state index contributed by atoms with van der Waals surface area (Å²) in [5.74, 6) is 0. The number of hydrogen-bond donors (Lipinski definition) is 0. The Bertz CT molecular complexity index is 818. The third-order valence-corrected chi connectivity index (χ3v) is 7.00. The molecule has 0 atom stereocenters. The molecule has 0 fully saturated rings. The quantitative estimate of drug-likeness (QED) is 0.276. The van der Waals surface area contributed by atoms with Gasteiger partial charge in [-0.15, -0.1) is 11.4 Å². The zero-order valence-corrected chi connectivity index (χ0v) is 22.5. The number of nitrogens with one attached hydrogen (secondary N) is 2. The molecule has 0 saturated heterocycles. The van der Waals surface area contributed by atoms with E-state index in [1.165, 1.54) is 31.3 Å². The van der Waals surface area contributed by atoms with E-state index in [-0.39, 0.29) is 0 Å². The van der Waals surface area contributed by atoms with Crippen LogP contribution in [0.4, 0.5) is 11.4 Å². The van der Waals surface area contributed by atoms with E-state index >= 15 is 0 Å². The van der Waals surface area contributed by atoms with Gasteiger partial charge in [0, 0.05) is 0 Å². The third-order valence-electron chi connectivity index (χ3n) is 4.99. The minimum absolute atomic E-state index is 0.672. The molecule has 3 aromatic carbocycles. The predicted molar refractivity (Wildman–Crippen MR) is 135 cm³/mol. The van der Waals surface area contributed by atoms with Gasteiger partial charge >= 0.3 is 76.1 Å². The van der Waals surface area contributed by atoms with Crippen LogP contribution in [0.1, 0.15) is 50.1 Å². The van der Waals surface area contributed by atoms with Crippen molar-refractivity contribution >= 4 is 37.9 Å². The van der Waals surface area contributed by atoms with E-state index in [1.54, 1.807) is 0 Å². The van der Waals surface area contributed by atoms with Gasteiger partial charge in [-0.25, -0.2) is 0 Å². The summed E-state index contributed by atoms with van der Waals surface area (Å²) >= 11 is 1.81. The van der Waals surface area contributed by atoms with Crippen molar-refractivity contribution in [3.8, 4) is 0 Å². The van der Waals surface area contributed by atoms with Gasteiger partial charge in [-0.3, -0.25) is 0 Å². The van der Waals surface area contributed by atoms with Crippen LogP contribution >= 0.6 is 0 Å². The third kappa shape index (κ3) is 7.72. The van der Waals surface area contributed by atoms with Crippen LogP contribution in [-0.2, 0) is 0 Å². The molecule has 0 aromatic heterocycles. The second kappa shape index (κ2) is 11.5. The molecule has 2 N–H and O–H groups in total. The molecule has 0 heterocycles. The number of hydrogen-bond acceptors (Lipinski definition) is 0. The van der Waals surface area contributed by atoms with Gasteiger partial charge in [0.1, 0.15) is 0 Å². The Morgan fingerprint density at radius 1 is 0.433 bits per heavy atom. The van der Waals surface area contributed by atoms with Crippen LogP contribution in [0, 0.1) is 62.3 Å². The zero-order chi connectivity index (χ0) is 23.2. The summed E-state index contributed by atoms with van der Waals surface area (Å²) in [6.07, 6.45) is 0. The molecule has 0 aliphatic rings. The molecule has 2 nitrogen and oxygen atoms in total. The maximum Gasteiger partial charge on any atom is -0.0398 e. The molecule has 3 rings (SSSR count). The van der Waals surface area contributed by atoms with E-state index in [4.69, 9.17) is 11.5 Å². The average Bonchev–Trinajstić information content (AvgIpc) is 2.63. The SMILES string of the molecule is Cc1cc(C)[c]([Sb])c(C)c1.Cc1cc(C)c([NH-])c(C)c1.Cc1cc(C)c([NH-])c(C)c1. The molecular weight excluding hydrogens is 474 g/mol. The minimum atomic E-state index is 0.672. The molecule has 0 aliphatic heterocycles. The fourth-order valence-corrected chi connectivity index (χ4v) is 3.90. The average molecular weight is 509 g/mol. The summed E-state index contributed by atoms with van der Waals surface area (Å²) in [5, 5.41) is 0. The Kier molecular flexibility index (Phi) is 9.98. The van der Waals surface area contributed by atoms with Crippen LogP contribution in [0.2, 0.25) is 0 Å². The maximum atomic E-state index is 7.54. The van der Waals surface area contributed by atoms with Crippen molar-refractivity contribution in [2.24, 2.45) is 0 Å². The van der Waals surface area contributed by atoms with Crippen molar-refractivity contribution in [2.45, 2.75) is 62.3 Å². The van der Waals surface area contributed by atoms with Crippen LogP contribution in [0.5, 0.6) is 0 Å². The maximum absolute atomic E-state index is 7.54. The standard InChI is InChI=1S/2C9H12N.C9H11.Sb/c2*1-6-4-7(2)9(10)8(3)5-6;1-7-4-8(2)6-9(3)5-7;/h2*4-5,10H,1-3H3;4-5H,1-3H3;/q2*-1;;. The first kappa shape index (κ1) is 26.1. The number of rotatable bonds is 0. The Balaban J connectivity index is 0.000000225. The first-order valence-electron chi connectivity index (χ1n) is 10.2. The summed E-state index contributed by atoms with van der Waals surface area (Å²) in [5.41, 5.74) is 27.4. The molecule has 3 aromatic rings. The van der Waals surface area contributed by atoms with Gasteiger partial charge in [0.2, 0.25) is 0 Å². The van der Waals surface area contributed by atoms with Crippen molar-refractivity contribution in [1.29, 1.82) is 0 Å². The summed E-state index contributed by atoms with van der Waals surface area (Å²) < 4.78 is 1.47. The van der Waals surface area contributed by atoms with Crippen LogP contribution in [0.15, 0.2) is 36.4 Å². The molecule has 0 bridgehead atoms. The van der Waals surface area contributed by atoms with Crippen LogP contribution in [0.3, 0.4) is 0 Å². The topological polar surface area (TPSA) is 47.6 Å². The molecule has 2 radical (unpaired) electrons. The van der Waals surface area contributed by atoms with Gasteiger partial charge in [0.15, 0.2) is 0 Å². The van der Waals surface area contributed by atoms with Gasteiger partial charge in [0.05, 0.1) is 0 Å². The van der Waals surface area contributed by atoms with Gasteiger partial charge in [-0.05, 0) is 41.5 Å². The Morgan fingerprint density at radius 2 is 0.633 bits per heavy atom. The van der Waals surface area contributed by atoms with Crippen molar-refractivity contribution in [1.82, 2.24) is 0 Å². The Labute approximate surface area is 197 Å². The van der Waals surface area contributed by atoms with E-state index in [9.17, 15) is 0 Å². The van der Waals surface area contributed by atoms with Crippen molar-refractivity contribution in [2.75, 3.05) is 0 Å². The zero-order valence-electron chi connectivity index (χ0n) is 19.9. The Morgan fingerprint density at radius 3 is 0.867 bits per heavy atom. The van der Waals surface area contributed by atoms with E-state index in [0.29, 0.717) is 11.4 Å². The number of benzene rings is 3. The van der Waals surface area contributed by atoms with E-state index in [1.807, 2.05) is 75.0 Å². The molecule has 0 unspecified atom stereocenters. The molecule has 160 valence electrons. The molecule has 3 heteroatoms. The van der Waals surface area contributed by atoms with Crippen LogP contribution < -0.4 is 3.51 Å². The first-order chi connectivity index (χ1) is 13.8. The van der Waals surface area contributed by atoms with Gasteiger partial charge in [-0.2, -0.15) is 0 Å². The molecule has 0 amide bonds. The second-order valence-electron chi connectivity index (χ2n) is 8.29. The summed E-state index contributed by atoms with van der Waals surface area (Å²) in [7, 11) is 0. The van der Waals surface area contributed by atoms with Crippen molar-refractivity contribution in [3.05, 3.63) is 97.9 Å². The predicted octanol–water partition coefficient (Wildman–Crippen LogP) is 8.00. The monoisotopic (exact) mass is 508 g/mol. The van der Waals surface area contributed by atoms with Crippen LogP contribution in [0.25, 0.3) is 11.5 Å².